The number of hydrogen-bond acceptors (Lipinski definition) is 7. The van der Waals surface area contributed by atoms with E-state index in [1.54, 1.807) is 6.07 Å². The second kappa shape index (κ2) is 6.29. The van der Waals surface area contributed by atoms with Crippen LogP contribution < -0.4 is 5.73 Å². The molecule has 1 aliphatic heterocycles. The molecule has 4 heterocycles. The maximum Gasteiger partial charge on any atom is 0.151 e. The van der Waals surface area contributed by atoms with Gasteiger partial charge in [-0.2, -0.15) is 10.2 Å². The number of nitrogens with two attached hydrogens (primary N) is 1. The third-order valence-corrected chi connectivity index (χ3v) is 4.84. The maximum absolute atomic E-state index is 5.64. The minimum Gasteiger partial charge on any atom is -0.382 e. The summed E-state index contributed by atoms with van der Waals surface area (Å²) in [5.74, 6) is 1.29. The minimum atomic E-state index is 0.238. The molecule has 1 atom stereocenters. The summed E-state index contributed by atoms with van der Waals surface area (Å²) >= 11 is 0. The summed E-state index contributed by atoms with van der Waals surface area (Å²) in [5.41, 5.74) is 9.48. The predicted molar refractivity (Wildman–Crippen MR) is 92.3 cm³/mol. The highest BCUT2D eigenvalue weighted by molar-refractivity contribution is 5.60. The monoisotopic (exact) mass is 339 g/mol. The molecule has 8 nitrogen and oxygen atoms in total. The number of anilines is 1. The number of hydrogen-bond donors (Lipinski definition) is 1. The lowest BCUT2D eigenvalue weighted by Crippen LogP contribution is -2.23. The lowest BCUT2D eigenvalue weighted by molar-refractivity contribution is 0.213. The van der Waals surface area contributed by atoms with E-state index in [9.17, 15) is 0 Å². The highest BCUT2D eigenvalue weighted by Gasteiger charge is 2.28. The van der Waals surface area contributed by atoms with Gasteiger partial charge in [-0.3, -0.25) is 9.58 Å². The molecule has 0 radical (unpaired) electrons. The Bertz CT molecular complexity index is 868. The van der Waals surface area contributed by atoms with Crippen molar-refractivity contribution in [2.45, 2.75) is 32.4 Å². The fraction of sp³-hybridized carbons (Fsp3) is 0.412. The average Bonchev–Trinajstić information content (AvgIpc) is 3.32. The summed E-state index contributed by atoms with van der Waals surface area (Å²) in [5, 5.41) is 16.7. The molecule has 3 aromatic rings. The fourth-order valence-corrected chi connectivity index (χ4v) is 3.35. The zero-order chi connectivity index (χ0) is 17.4. The first-order valence-corrected chi connectivity index (χ1v) is 8.39. The Hall–Kier alpha value is -2.74. The first-order valence-electron chi connectivity index (χ1n) is 8.39. The van der Waals surface area contributed by atoms with Gasteiger partial charge in [-0.15, -0.1) is 5.10 Å². The second-order valence-corrected chi connectivity index (χ2v) is 6.46. The van der Waals surface area contributed by atoms with E-state index in [-0.39, 0.29) is 6.04 Å². The highest BCUT2D eigenvalue weighted by atomic mass is 16.5. The SMILES string of the molecule is Cc1c(-c2cc(CN3CCCC3c3ccc(N)nn3)on2)cnn1C. The summed E-state index contributed by atoms with van der Waals surface area (Å²) in [6, 6.07) is 5.99. The topological polar surface area (TPSA) is 98.9 Å². The van der Waals surface area contributed by atoms with Crippen molar-refractivity contribution in [3.8, 4) is 11.3 Å². The van der Waals surface area contributed by atoms with Crippen molar-refractivity contribution in [2.75, 3.05) is 12.3 Å². The Labute approximate surface area is 145 Å². The molecule has 0 spiro atoms. The normalized spacial score (nSPS) is 18.1. The van der Waals surface area contributed by atoms with Gasteiger partial charge in [0.15, 0.2) is 5.76 Å². The van der Waals surface area contributed by atoms with Gasteiger partial charge in [-0.05, 0) is 38.4 Å². The van der Waals surface area contributed by atoms with Crippen molar-refractivity contribution < 1.29 is 4.52 Å². The predicted octanol–water partition coefficient (Wildman–Crippen LogP) is 2.09. The second-order valence-electron chi connectivity index (χ2n) is 6.46. The van der Waals surface area contributed by atoms with Crippen molar-refractivity contribution in [1.29, 1.82) is 0 Å². The molecule has 3 aromatic heterocycles. The van der Waals surface area contributed by atoms with Crippen LogP contribution in [-0.4, -0.2) is 36.6 Å². The Morgan fingerprint density at radius 1 is 1.32 bits per heavy atom. The number of rotatable bonds is 4. The van der Waals surface area contributed by atoms with Crippen LogP contribution in [0.5, 0.6) is 0 Å². The van der Waals surface area contributed by atoms with Crippen LogP contribution >= 0.6 is 0 Å². The molecular weight excluding hydrogens is 318 g/mol. The van der Waals surface area contributed by atoms with E-state index in [1.165, 1.54) is 0 Å². The molecule has 0 aliphatic carbocycles. The van der Waals surface area contributed by atoms with Gasteiger partial charge in [-0.25, -0.2) is 0 Å². The largest absolute Gasteiger partial charge is 0.382 e. The van der Waals surface area contributed by atoms with Crippen molar-refractivity contribution in [3.05, 3.63) is 41.5 Å². The van der Waals surface area contributed by atoms with Crippen LogP contribution in [0.15, 0.2) is 28.9 Å². The van der Waals surface area contributed by atoms with Gasteiger partial charge in [0.05, 0.1) is 24.5 Å². The number of aryl methyl sites for hydroxylation is 1. The Balaban J connectivity index is 1.52. The number of aromatic nitrogens is 5. The van der Waals surface area contributed by atoms with Gasteiger partial charge in [0, 0.05) is 24.4 Å². The summed E-state index contributed by atoms with van der Waals surface area (Å²) in [4.78, 5) is 2.35. The maximum atomic E-state index is 5.64. The highest BCUT2D eigenvalue weighted by Crippen LogP contribution is 2.32. The van der Waals surface area contributed by atoms with Crippen LogP contribution in [0, 0.1) is 6.92 Å². The lowest BCUT2D eigenvalue weighted by atomic mass is 10.1. The standard InChI is InChI=1S/C17H21N7O/c1-11-13(9-19-23(11)2)15-8-12(25-22-15)10-24-7-3-4-16(24)14-5-6-17(18)21-20-14/h5-6,8-9,16H,3-4,7,10H2,1-2H3,(H2,18,21). The molecule has 1 saturated heterocycles. The van der Waals surface area contributed by atoms with Crippen molar-refractivity contribution in [2.24, 2.45) is 7.05 Å². The van der Waals surface area contributed by atoms with Crippen molar-refractivity contribution in [1.82, 2.24) is 30.0 Å². The van der Waals surface area contributed by atoms with E-state index >= 15 is 0 Å². The van der Waals surface area contributed by atoms with Gasteiger partial charge < -0.3 is 10.3 Å². The quantitative estimate of drug-likeness (QED) is 0.777. The van der Waals surface area contributed by atoms with Crippen LogP contribution in [0.1, 0.15) is 36.0 Å². The Kier molecular flexibility index (Phi) is 3.96. The van der Waals surface area contributed by atoms with E-state index < -0.39 is 0 Å². The smallest absolute Gasteiger partial charge is 0.151 e. The molecule has 0 amide bonds. The molecule has 25 heavy (non-hydrogen) atoms. The molecule has 8 heteroatoms. The average molecular weight is 339 g/mol. The third-order valence-electron chi connectivity index (χ3n) is 4.84. The first-order chi connectivity index (χ1) is 12.1. The first kappa shape index (κ1) is 15.8. The van der Waals surface area contributed by atoms with Crippen molar-refractivity contribution in [3.63, 3.8) is 0 Å². The van der Waals surface area contributed by atoms with E-state index in [1.807, 2.05) is 37.0 Å². The van der Waals surface area contributed by atoms with Crippen LogP contribution in [0.3, 0.4) is 0 Å². The summed E-state index contributed by atoms with van der Waals surface area (Å²) in [6.07, 6.45) is 4.00. The molecule has 2 N–H and O–H groups in total. The Morgan fingerprint density at radius 2 is 2.20 bits per heavy atom. The molecule has 1 aliphatic rings. The fourth-order valence-electron chi connectivity index (χ4n) is 3.35. The van der Waals surface area contributed by atoms with Gasteiger partial charge in [-0.1, -0.05) is 5.16 Å². The van der Waals surface area contributed by atoms with E-state index in [0.717, 1.165) is 47.8 Å². The molecule has 4 rings (SSSR count). The Morgan fingerprint density at radius 3 is 2.92 bits per heavy atom. The van der Waals surface area contributed by atoms with Crippen molar-refractivity contribution >= 4 is 5.82 Å². The molecule has 0 bridgehead atoms. The number of nitrogens with zero attached hydrogens (tertiary/aromatic N) is 6. The summed E-state index contributed by atoms with van der Waals surface area (Å²) in [6.45, 7) is 3.72. The molecule has 0 aromatic carbocycles. The molecule has 0 saturated carbocycles. The van der Waals surface area contributed by atoms with E-state index in [2.05, 4.69) is 25.4 Å². The van der Waals surface area contributed by atoms with E-state index in [4.69, 9.17) is 10.3 Å². The van der Waals surface area contributed by atoms with Crippen LogP contribution in [0.2, 0.25) is 0 Å². The lowest BCUT2D eigenvalue weighted by Gasteiger charge is -2.22. The third kappa shape index (κ3) is 3.00. The van der Waals surface area contributed by atoms with Gasteiger partial charge >= 0.3 is 0 Å². The number of nitrogen functional groups attached to an aromatic ring is 1. The van der Waals surface area contributed by atoms with Crippen LogP contribution in [0.25, 0.3) is 11.3 Å². The van der Waals surface area contributed by atoms with Crippen LogP contribution in [0.4, 0.5) is 5.82 Å². The molecule has 1 fully saturated rings. The minimum absolute atomic E-state index is 0.238. The number of likely N-dealkylation sites (tertiary alicyclic amines) is 1. The molecular formula is C17H21N7O. The zero-order valence-electron chi connectivity index (χ0n) is 14.4. The van der Waals surface area contributed by atoms with Gasteiger partial charge in [0.1, 0.15) is 11.5 Å². The van der Waals surface area contributed by atoms with Gasteiger partial charge in [0.2, 0.25) is 0 Å². The van der Waals surface area contributed by atoms with Gasteiger partial charge in [0.25, 0.3) is 0 Å². The zero-order valence-corrected chi connectivity index (χ0v) is 14.4. The van der Waals surface area contributed by atoms with Crippen LogP contribution in [-0.2, 0) is 13.6 Å². The summed E-state index contributed by atoms with van der Waals surface area (Å²) < 4.78 is 7.40. The molecule has 130 valence electrons. The van der Waals surface area contributed by atoms with E-state index in [0.29, 0.717) is 12.4 Å². The summed E-state index contributed by atoms with van der Waals surface area (Å²) in [7, 11) is 1.92. The molecule has 1 unspecified atom stereocenters.